The van der Waals surface area contributed by atoms with Gasteiger partial charge in [-0.05, 0) is 101 Å². The molecule has 40 heavy (non-hydrogen) atoms. The number of fused-ring (bicyclic) bond motifs is 4. The first kappa shape index (κ1) is 27.2. The van der Waals surface area contributed by atoms with E-state index in [1.165, 1.54) is 12.8 Å². The monoisotopic (exact) mass is 562 g/mol. The van der Waals surface area contributed by atoms with Crippen LogP contribution in [0.4, 0.5) is 0 Å². The summed E-state index contributed by atoms with van der Waals surface area (Å²) in [6.07, 6.45) is 9.82. The molecule has 2 spiro atoms. The molecule has 0 aromatic carbocycles. The second-order valence-corrected chi connectivity index (χ2v) is 15.5. The summed E-state index contributed by atoms with van der Waals surface area (Å²) in [5.41, 5.74) is -1.00. The van der Waals surface area contributed by atoms with E-state index >= 15 is 0 Å². The number of ether oxygens (including phenoxy) is 4. The molecule has 226 valence electrons. The molecular weight excluding hydrogens is 512 g/mol. The first-order valence-electron chi connectivity index (χ1n) is 16.5. The van der Waals surface area contributed by atoms with E-state index in [9.17, 15) is 0 Å². The maximum atomic E-state index is 6.91. The fourth-order valence-corrected chi connectivity index (χ4v) is 10.9. The Morgan fingerprint density at radius 3 is 1.38 bits per heavy atom. The van der Waals surface area contributed by atoms with Gasteiger partial charge in [0.2, 0.25) is 11.6 Å². The van der Waals surface area contributed by atoms with E-state index in [0.717, 1.165) is 51.4 Å². The average Bonchev–Trinajstić information content (AvgIpc) is 3.30. The quantitative estimate of drug-likeness (QED) is 0.373. The Kier molecular flexibility index (Phi) is 6.20. The van der Waals surface area contributed by atoms with Crippen molar-refractivity contribution in [2.45, 2.75) is 153 Å². The summed E-state index contributed by atoms with van der Waals surface area (Å²) in [4.78, 5) is 24.8. The summed E-state index contributed by atoms with van der Waals surface area (Å²) in [6.45, 7) is 13.5. The minimum atomic E-state index is -0.735. The highest BCUT2D eigenvalue weighted by Crippen LogP contribution is 2.63. The van der Waals surface area contributed by atoms with Crippen molar-refractivity contribution in [3.8, 4) is 0 Å². The molecule has 0 radical (unpaired) electrons. The van der Waals surface area contributed by atoms with Crippen molar-refractivity contribution in [2.75, 3.05) is 0 Å². The van der Waals surface area contributed by atoms with Gasteiger partial charge in [0.05, 0.1) is 12.2 Å². The third-order valence-corrected chi connectivity index (χ3v) is 13.3. The second-order valence-electron chi connectivity index (χ2n) is 15.5. The Bertz CT molecular complexity index is 931. The van der Waals surface area contributed by atoms with Gasteiger partial charge in [-0.15, -0.1) is 0 Å². The van der Waals surface area contributed by atoms with E-state index in [2.05, 4.69) is 27.7 Å². The second kappa shape index (κ2) is 9.10. The smallest absolute Gasteiger partial charge is 0.201 e. The maximum Gasteiger partial charge on any atom is 0.201 e. The molecule has 0 N–H and O–H groups in total. The van der Waals surface area contributed by atoms with Gasteiger partial charge >= 0.3 is 0 Å². The normalized spacial score (nSPS) is 62.2. The van der Waals surface area contributed by atoms with Crippen LogP contribution in [0.1, 0.15) is 106 Å². The van der Waals surface area contributed by atoms with Crippen LogP contribution >= 0.6 is 0 Å². The van der Waals surface area contributed by atoms with Crippen LogP contribution in [0.5, 0.6) is 0 Å². The zero-order chi connectivity index (χ0) is 27.7. The molecule has 8 aliphatic heterocycles. The van der Waals surface area contributed by atoms with Crippen LogP contribution in [0.25, 0.3) is 0 Å². The molecule has 0 amide bonds. The lowest BCUT2D eigenvalue weighted by molar-refractivity contribution is -0.572. The Morgan fingerprint density at radius 1 is 0.525 bits per heavy atom. The predicted octanol–water partition coefficient (Wildman–Crippen LogP) is 6.27. The summed E-state index contributed by atoms with van der Waals surface area (Å²) in [5, 5.41) is 0. The predicted molar refractivity (Wildman–Crippen MR) is 143 cm³/mol. The van der Waals surface area contributed by atoms with E-state index in [1.54, 1.807) is 0 Å². The minimum Gasteiger partial charge on any atom is -0.346 e. The van der Waals surface area contributed by atoms with E-state index < -0.39 is 22.8 Å². The van der Waals surface area contributed by atoms with Gasteiger partial charge in [0.15, 0.2) is 23.8 Å². The molecule has 1 unspecified atom stereocenters. The Morgan fingerprint density at radius 2 is 0.950 bits per heavy atom. The van der Waals surface area contributed by atoms with Crippen LogP contribution in [0.15, 0.2) is 0 Å². The molecule has 10 aliphatic rings. The maximum absolute atomic E-state index is 6.91. The molecule has 4 bridgehead atoms. The highest BCUT2D eigenvalue weighted by Gasteiger charge is 2.71. The summed E-state index contributed by atoms with van der Waals surface area (Å²) >= 11 is 0. The van der Waals surface area contributed by atoms with Gasteiger partial charge < -0.3 is 18.9 Å². The summed E-state index contributed by atoms with van der Waals surface area (Å²) in [5.74, 6) is 1.91. The van der Waals surface area contributed by atoms with Crippen LogP contribution in [-0.2, 0) is 38.5 Å². The molecule has 8 heteroatoms. The van der Waals surface area contributed by atoms with Crippen molar-refractivity contribution < 1.29 is 38.5 Å². The molecule has 10 fully saturated rings. The van der Waals surface area contributed by atoms with Gasteiger partial charge in [0.25, 0.3) is 0 Å². The summed E-state index contributed by atoms with van der Waals surface area (Å²) in [6, 6.07) is 0. The van der Waals surface area contributed by atoms with E-state index in [-0.39, 0.29) is 24.8 Å². The van der Waals surface area contributed by atoms with Crippen molar-refractivity contribution >= 4 is 0 Å². The molecule has 0 aromatic heterocycles. The van der Waals surface area contributed by atoms with Crippen LogP contribution < -0.4 is 0 Å². The molecular formula is C32H50O8. The van der Waals surface area contributed by atoms with Crippen molar-refractivity contribution in [3.05, 3.63) is 0 Å². The molecule has 8 heterocycles. The van der Waals surface area contributed by atoms with E-state index in [0.29, 0.717) is 47.3 Å². The molecule has 8 nitrogen and oxygen atoms in total. The molecule has 8 saturated heterocycles. The highest BCUT2D eigenvalue weighted by molar-refractivity contribution is 5.12. The van der Waals surface area contributed by atoms with E-state index in [4.69, 9.17) is 38.5 Å². The van der Waals surface area contributed by atoms with Gasteiger partial charge in [-0.25, -0.2) is 19.6 Å². The summed E-state index contributed by atoms with van der Waals surface area (Å²) in [7, 11) is 0. The SMILES string of the molecule is C[C@H]1[C@@H](CCC2O[C@@H]3O[C@]4(C)CC[C@H]5[C@H](C)CC[C@@H]([C@H]2C)[C@@]35OO4)O[C@@H]2O[C@]3(C)CC[C@H]4[C@H](C)CC[C@@H]1[C@@]24OO3. The molecule has 0 aromatic rings. The molecule has 16 atom stereocenters. The fraction of sp³-hybridized carbons (Fsp3) is 1.00. The minimum absolute atomic E-state index is 0.0932. The number of rotatable bonds is 3. The zero-order valence-electron chi connectivity index (χ0n) is 25.3. The van der Waals surface area contributed by atoms with Crippen molar-refractivity contribution in [3.63, 3.8) is 0 Å². The van der Waals surface area contributed by atoms with Crippen LogP contribution in [0, 0.1) is 47.3 Å². The summed E-state index contributed by atoms with van der Waals surface area (Å²) < 4.78 is 27.0. The third kappa shape index (κ3) is 3.60. The molecule has 10 rings (SSSR count). The molecule has 2 saturated carbocycles. The lowest BCUT2D eigenvalue weighted by atomic mass is 9.56. The first-order chi connectivity index (χ1) is 19.1. The third-order valence-electron chi connectivity index (χ3n) is 13.3. The standard InChI is InChI=1S/C32H50O8/c1-17-7-9-23-19(3)25(33-27-31(23)21(17)13-15-29(5,35-27)37-39-31)11-12-26-20(4)24-10-8-18(2)22-14-16-30(6)36-28(34-26)32(22,24)40-38-30/h17-28H,7-16H2,1-6H3/t17-,18-,19-,20-,21+,22+,23+,24+,25-,26?,27-,28-,29+,30+,31-,32-/m1/s1. The highest BCUT2D eigenvalue weighted by atomic mass is 17.3. The van der Waals surface area contributed by atoms with Crippen molar-refractivity contribution in [2.24, 2.45) is 47.3 Å². The average molecular weight is 563 g/mol. The largest absolute Gasteiger partial charge is 0.346 e. The van der Waals surface area contributed by atoms with Gasteiger partial charge in [-0.1, -0.05) is 27.7 Å². The first-order valence-corrected chi connectivity index (χ1v) is 16.5. The number of hydrogen-bond donors (Lipinski definition) is 0. The van der Waals surface area contributed by atoms with Gasteiger partial charge in [-0.2, -0.15) is 0 Å². The molecule has 2 aliphatic carbocycles. The zero-order valence-corrected chi connectivity index (χ0v) is 25.3. The topological polar surface area (TPSA) is 73.8 Å². The van der Waals surface area contributed by atoms with Crippen LogP contribution in [-0.4, -0.2) is 47.6 Å². The lowest BCUT2D eigenvalue weighted by Crippen LogP contribution is -2.71. The lowest BCUT2D eigenvalue weighted by Gasteiger charge is -2.61. The Labute approximate surface area is 239 Å². The van der Waals surface area contributed by atoms with Crippen molar-refractivity contribution in [1.82, 2.24) is 0 Å². The Balaban J connectivity index is 1.03. The fourth-order valence-electron chi connectivity index (χ4n) is 10.9. The van der Waals surface area contributed by atoms with Crippen molar-refractivity contribution in [1.29, 1.82) is 0 Å². The van der Waals surface area contributed by atoms with Gasteiger partial charge in [-0.3, -0.25) is 0 Å². The van der Waals surface area contributed by atoms with Crippen LogP contribution in [0.3, 0.4) is 0 Å². The van der Waals surface area contributed by atoms with E-state index in [1.807, 2.05) is 13.8 Å². The van der Waals surface area contributed by atoms with Gasteiger partial charge in [0, 0.05) is 24.7 Å². The number of hydrogen-bond acceptors (Lipinski definition) is 8. The Hall–Kier alpha value is -0.320. The van der Waals surface area contributed by atoms with Crippen LogP contribution in [0.2, 0.25) is 0 Å². The van der Waals surface area contributed by atoms with Gasteiger partial charge in [0.1, 0.15) is 0 Å².